The van der Waals surface area contributed by atoms with Gasteiger partial charge in [-0.05, 0) is 23.6 Å². The van der Waals surface area contributed by atoms with E-state index >= 15 is 0 Å². The lowest BCUT2D eigenvalue weighted by Gasteiger charge is -2.15. The van der Waals surface area contributed by atoms with Gasteiger partial charge in [-0.3, -0.25) is 14.7 Å². The van der Waals surface area contributed by atoms with Crippen molar-refractivity contribution in [3.05, 3.63) is 29.6 Å². The number of likely N-dealkylation sites (tertiary alicyclic amines) is 1. The van der Waals surface area contributed by atoms with E-state index in [0.717, 1.165) is 25.3 Å². The second-order valence-corrected chi connectivity index (χ2v) is 5.16. The number of nitrogens with zero attached hydrogens (tertiary/aromatic N) is 2. The van der Waals surface area contributed by atoms with Gasteiger partial charge in [-0.2, -0.15) is 0 Å². The van der Waals surface area contributed by atoms with Gasteiger partial charge < -0.3 is 10.5 Å². The van der Waals surface area contributed by atoms with E-state index in [2.05, 4.69) is 16.8 Å². The largest absolute Gasteiger partial charge is 0.469 e. The van der Waals surface area contributed by atoms with Crippen LogP contribution in [0.15, 0.2) is 18.3 Å². The quantitative estimate of drug-likeness (QED) is 0.813. The Balaban J connectivity index is 1.99. The molecule has 19 heavy (non-hydrogen) atoms. The maximum atomic E-state index is 11.6. The van der Waals surface area contributed by atoms with E-state index in [9.17, 15) is 4.79 Å². The smallest absolute Gasteiger partial charge is 0.310 e. The summed E-state index contributed by atoms with van der Waals surface area (Å²) in [5.41, 5.74) is 7.68. The number of ether oxygens (including phenoxy) is 1. The Hall–Kier alpha value is -1.46. The number of methoxy groups -OCH3 is 1. The fourth-order valence-electron chi connectivity index (χ4n) is 2.65. The zero-order valence-electron chi connectivity index (χ0n) is 11.5. The molecule has 0 radical (unpaired) electrons. The molecule has 104 valence electrons. The minimum atomic E-state index is -0.104. The summed E-state index contributed by atoms with van der Waals surface area (Å²) in [5, 5.41) is 0. The Morgan fingerprint density at radius 1 is 1.58 bits per heavy atom. The molecular formula is C14H21N3O2. The van der Waals surface area contributed by atoms with Crippen molar-refractivity contribution < 1.29 is 9.53 Å². The van der Waals surface area contributed by atoms with Crippen molar-refractivity contribution in [3.8, 4) is 0 Å². The van der Waals surface area contributed by atoms with Gasteiger partial charge >= 0.3 is 5.97 Å². The molecule has 0 aliphatic carbocycles. The number of pyridine rings is 1. The molecule has 5 heteroatoms. The van der Waals surface area contributed by atoms with Crippen LogP contribution in [0.3, 0.4) is 0 Å². The molecule has 0 saturated carbocycles. The number of carbonyl (C=O) groups excluding carboxylic acids is 1. The highest BCUT2D eigenvalue weighted by molar-refractivity contribution is 5.73. The third kappa shape index (κ3) is 3.30. The fraction of sp³-hybridized carbons (Fsp3) is 0.571. The van der Waals surface area contributed by atoms with Crippen molar-refractivity contribution in [3.63, 3.8) is 0 Å². The van der Waals surface area contributed by atoms with Crippen molar-refractivity contribution in [1.29, 1.82) is 0 Å². The van der Waals surface area contributed by atoms with Crippen molar-refractivity contribution in [1.82, 2.24) is 9.88 Å². The summed E-state index contributed by atoms with van der Waals surface area (Å²) in [6, 6.07) is 4.02. The van der Waals surface area contributed by atoms with Gasteiger partial charge in [0.25, 0.3) is 0 Å². The zero-order chi connectivity index (χ0) is 13.8. The van der Waals surface area contributed by atoms with E-state index in [-0.39, 0.29) is 11.9 Å². The lowest BCUT2D eigenvalue weighted by atomic mass is 9.99. The number of rotatable bonds is 4. The maximum Gasteiger partial charge on any atom is 0.310 e. The van der Waals surface area contributed by atoms with E-state index in [1.54, 1.807) is 6.20 Å². The van der Waals surface area contributed by atoms with Crippen LogP contribution in [-0.4, -0.2) is 36.1 Å². The Morgan fingerprint density at radius 3 is 3.05 bits per heavy atom. The van der Waals surface area contributed by atoms with Crippen LogP contribution in [-0.2, 0) is 22.6 Å². The van der Waals surface area contributed by atoms with Crippen LogP contribution in [0.4, 0.5) is 0 Å². The first-order valence-corrected chi connectivity index (χ1v) is 6.58. The molecule has 2 N–H and O–H groups in total. The molecule has 1 fully saturated rings. The highest BCUT2D eigenvalue weighted by atomic mass is 16.5. The van der Waals surface area contributed by atoms with Gasteiger partial charge in [0.05, 0.1) is 18.7 Å². The van der Waals surface area contributed by atoms with Crippen molar-refractivity contribution in [2.24, 2.45) is 17.6 Å². The molecule has 0 amide bonds. The number of aromatic nitrogens is 1. The molecule has 1 aliphatic rings. The maximum absolute atomic E-state index is 11.6. The summed E-state index contributed by atoms with van der Waals surface area (Å²) >= 11 is 0. The molecule has 1 aromatic rings. The highest BCUT2D eigenvalue weighted by Crippen LogP contribution is 2.25. The van der Waals surface area contributed by atoms with Gasteiger partial charge in [-0.15, -0.1) is 0 Å². The van der Waals surface area contributed by atoms with E-state index < -0.39 is 0 Å². The first-order valence-electron chi connectivity index (χ1n) is 6.58. The predicted molar refractivity (Wildman–Crippen MR) is 72.1 cm³/mol. The summed E-state index contributed by atoms with van der Waals surface area (Å²) in [4.78, 5) is 18.1. The first kappa shape index (κ1) is 14.0. The Labute approximate surface area is 113 Å². The minimum absolute atomic E-state index is 0.0131. The number of carbonyl (C=O) groups is 1. The van der Waals surface area contributed by atoms with Crippen LogP contribution in [0.5, 0.6) is 0 Å². The molecule has 5 nitrogen and oxygen atoms in total. The second kappa shape index (κ2) is 6.12. The van der Waals surface area contributed by atoms with Crippen molar-refractivity contribution in [2.75, 3.05) is 20.2 Å². The van der Waals surface area contributed by atoms with E-state index in [1.807, 2.05) is 12.1 Å². The van der Waals surface area contributed by atoms with Crippen molar-refractivity contribution >= 4 is 5.97 Å². The molecule has 2 rings (SSSR count). The number of hydrogen-bond donors (Lipinski definition) is 1. The van der Waals surface area contributed by atoms with Crippen LogP contribution in [0.25, 0.3) is 0 Å². The third-order valence-corrected chi connectivity index (χ3v) is 3.69. The first-order chi connectivity index (χ1) is 9.13. The number of hydrogen-bond acceptors (Lipinski definition) is 5. The Bertz CT molecular complexity index is 450. The standard InChI is InChI=1S/C14H21N3O2/c1-10-7-17(9-13(10)14(18)19-2)8-11-3-4-16-12(5-11)6-15/h3-5,10,13H,6-9,15H2,1-2H3. The van der Waals surface area contributed by atoms with Gasteiger partial charge in [0.2, 0.25) is 0 Å². The monoisotopic (exact) mass is 263 g/mol. The molecule has 2 heterocycles. The average molecular weight is 263 g/mol. The molecular weight excluding hydrogens is 242 g/mol. The van der Waals surface area contributed by atoms with Crippen LogP contribution < -0.4 is 5.73 Å². The average Bonchev–Trinajstić information content (AvgIpc) is 2.79. The molecule has 1 aromatic heterocycles. The molecule has 0 bridgehead atoms. The van der Waals surface area contributed by atoms with Crippen LogP contribution in [0.2, 0.25) is 0 Å². The fourth-order valence-corrected chi connectivity index (χ4v) is 2.65. The summed E-state index contributed by atoms with van der Waals surface area (Å²) in [5.74, 6) is 0.219. The molecule has 2 unspecified atom stereocenters. The third-order valence-electron chi connectivity index (χ3n) is 3.69. The van der Waals surface area contributed by atoms with Crippen molar-refractivity contribution in [2.45, 2.75) is 20.0 Å². The molecule has 2 atom stereocenters. The molecule has 0 aromatic carbocycles. The lowest BCUT2D eigenvalue weighted by molar-refractivity contribution is -0.146. The summed E-state index contributed by atoms with van der Waals surface area (Å²) < 4.78 is 4.85. The minimum Gasteiger partial charge on any atom is -0.469 e. The van der Waals surface area contributed by atoms with Gasteiger partial charge in [0.15, 0.2) is 0 Å². The van der Waals surface area contributed by atoms with Gasteiger partial charge in [-0.1, -0.05) is 6.92 Å². The van der Waals surface area contributed by atoms with Gasteiger partial charge in [0, 0.05) is 32.4 Å². The molecule has 1 aliphatic heterocycles. The SMILES string of the molecule is COC(=O)C1CN(Cc2ccnc(CN)c2)CC1C. The zero-order valence-corrected chi connectivity index (χ0v) is 11.5. The summed E-state index contributed by atoms with van der Waals surface area (Å²) in [7, 11) is 1.45. The van der Waals surface area contributed by atoms with Gasteiger partial charge in [0.1, 0.15) is 0 Å². The van der Waals surface area contributed by atoms with Crippen LogP contribution in [0, 0.1) is 11.8 Å². The lowest BCUT2D eigenvalue weighted by Crippen LogP contribution is -2.24. The topological polar surface area (TPSA) is 68.5 Å². The second-order valence-electron chi connectivity index (χ2n) is 5.16. The van der Waals surface area contributed by atoms with Crippen LogP contribution >= 0.6 is 0 Å². The van der Waals surface area contributed by atoms with Gasteiger partial charge in [-0.25, -0.2) is 0 Å². The predicted octanol–water partition coefficient (Wildman–Crippen LogP) is 0.781. The molecule has 1 saturated heterocycles. The number of nitrogens with two attached hydrogens (primary N) is 1. The normalized spacial score (nSPS) is 23.5. The van der Waals surface area contributed by atoms with Crippen LogP contribution in [0.1, 0.15) is 18.2 Å². The Morgan fingerprint density at radius 2 is 2.37 bits per heavy atom. The highest BCUT2D eigenvalue weighted by Gasteiger charge is 2.35. The Kier molecular flexibility index (Phi) is 4.50. The molecule has 0 spiro atoms. The summed E-state index contributed by atoms with van der Waals surface area (Å²) in [6.07, 6.45) is 1.79. The summed E-state index contributed by atoms with van der Waals surface area (Å²) in [6.45, 7) is 5.05. The van der Waals surface area contributed by atoms with E-state index in [1.165, 1.54) is 12.7 Å². The van der Waals surface area contributed by atoms with E-state index in [4.69, 9.17) is 10.5 Å². The number of esters is 1. The van der Waals surface area contributed by atoms with E-state index in [0.29, 0.717) is 12.5 Å².